The number of anilines is 1. The summed E-state index contributed by atoms with van der Waals surface area (Å²) in [4.78, 5) is 23.1. The van der Waals surface area contributed by atoms with Crippen molar-refractivity contribution in [2.75, 3.05) is 19.0 Å². The van der Waals surface area contributed by atoms with Crippen LogP contribution < -0.4 is 9.64 Å². The summed E-state index contributed by atoms with van der Waals surface area (Å²) in [6.45, 7) is 0. The van der Waals surface area contributed by atoms with Crippen LogP contribution >= 0.6 is 0 Å². The van der Waals surface area contributed by atoms with Crippen LogP contribution in [0.25, 0.3) is 0 Å². The number of benzene rings is 2. The minimum absolute atomic E-state index is 0.0986. The Labute approximate surface area is 121 Å². The number of carbonyl (C=O) groups is 1. The average molecular weight is 286 g/mol. The van der Waals surface area contributed by atoms with Gasteiger partial charge in [-0.2, -0.15) is 0 Å². The van der Waals surface area contributed by atoms with Crippen LogP contribution in [0.1, 0.15) is 10.4 Å². The van der Waals surface area contributed by atoms with Gasteiger partial charge in [-0.25, -0.2) is 0 Å². The van der Waals surface area contributed by atoms with Gasteiger partial charge < -0.3 is 9.64 Å². The molecule has 0 saturated heterocycles. The van der Waals surface area contributed by atoms with E-state index in [1.807, 2.05) is 25.1 Å². The van der Waals surface area contributed by atoms with Gasteiger partial charge >= 0.3 is 5.69 Å². The van der Waals surface area contributed by atoms with Crippen LogP contribution in [0.15, 0.2) is 42.5 Å². The van der Waals surface area contributed by atoms with Crippen molar-refractivity contribution in [3.05, 3.63) is 58.1 Å². The first-order valence-corrected chi connectivity index (χ1v) is 6.20. The van der Waals surface area contributed by atoms with E-state index in [9.17, 15) is 14.9 Å². The lowest BCUT2D eigenvalue weighted by Gasteiger charge is -2.14. The summed E-state index contributed by atoms with van der Waals surface area (Å²) >= 11 is 0. The predicted molar refractivity (Wildman–Crippen MR) is 79.3 cm³/mol. The number of nitrogens with zero attached hydrogens (tertiary/aromatic N) is 2. The standard InChI is InChI=1S/C15H14N2O4/c1-16(2)12-4-3-5-13(9-12)21-15-7-6-11(10-18)8-14(15)17(19)20/h3-10H,1-2H3. The van der Waals surface area contributed by atoms with E-state index in [1.165, 1.54) is 18.2 Å². The van der Waals surface area contributed by atoms with Crippen molar-refractivity contribution in [2.45, 2.75) is 0 Å². The minimum atomic E-state index is -0.571. The van der Waals surface area contributed by atoms with Gasteiger partial charge in [0, 0.05) is 37.5 Å². The molecule has 0 aliphatic rings. The number of ether oxygens (including phenoxy) is 1. The van der Waals surface area contributed by atoms with E-state index in [2.05, 4.69) is 0 Å². The highest BCUT2D eigenvalue weighted by atomic mass is 16.6. The molecule has 0 saturated carbocycles. The second-order valence-corrected chi connectivity index (χ2v) is 4.60. The Kier molecular flexibility index (Phi) is 4.18. The SMILES string of the molecule is CN(C)c1cccc(Oc2ccc(C=O)cc2[N+](=O)[O-])c1. The summed E-state index contributed by atoms with van der Waals surface area (Å²) in [5, 5.41) is 11.1. The maximum absolute atomic E-state index is 11.1. The van der Waals surface area contributed by atoms with E-state index in [1.54, 1.807) is 18.2 Å². The van der Waals surface area contributed by atoms with E-state index in [-0.39, 0.29) is 17.0 Å². The van der Waals surface area contributed by atoms with Crippen LogP contribution in [-0.4, -0.2) is 25.3 Å². The van der Waals surface area contributed by atoms with Crippen LogP contribution in [0.2, 0.25) is 0 Å². The largest absolute Gasteiger partial charge is 0.450 e. The second-order valence-electron chi connectivity index (χ2n) is 4.60. The molecule has 0 spiro atoms. The lowest BCUT2D eigenvalue weighted by atomic mass is 10.2. The first-order valence-electron chi connectivity index (χ1n) is 6.20. The third-order valence-corrected chi connectivity index (χ3v) is 2.88. The molecule has 2 aromatic rings. The zero-order valence-corrected chi connectivity index (χ0v) is 11.6. The van der Waals surface area contributed by atoms with Crippen molar-refractivity contribution < 1.29 is 14.5 Å². The van der Waals surface area contributed by atoms with E-state index < -0.39 is 4.92 Å². The maximum Gasteiger partial charge on any atom is 0.312 e. The zero-order valence-electron chi connectivity index (χ0n) is 11.6. The molecule has 0 fully saturated rings. The van der Waals surface area contributed by atoms with Gasteiger partial charge in [-0.1, -0.05) is 6.07 Å². The van der Waals surface area contributed by atoms with Crippen LogP contribution in [-0.2, 0) is 0 Å². The van der Waals surface area contributed by atoms with Crippen LogP contribution in [0.3, 0.4) is 0 Å². The molecule has 2 rings (SSSR count). The van der Waals surface area contributed by atoms with Gasteiger partial charge in [0.2, 0.25) is 5.75 Å². The molecular weight excluding hydrogens is 272 g/mol. The number of nitro groups is 1. The molecule has 0 unspecified atom stereocenters. The first kappa shape index (κ1) is 14.5. The molecule has 21 heavy (non-hydrogen) atoms. The lowest BCUT2D eigenvalue weighted by Crippen LogP contribution is -2.08. The maximum atomic E-state index is 11.1. The van der Waals surface area contributed by atoms with Gasteiger partial charge in [0.15, 0.2) is 0 Å². The average Bonchev–Trinajstić information content (AvgIpc) is 2.47. The summed E-state index contributed by atoms with van der Waals surface area (Å²) in [6.07, 6.45) is 0.559. The third-order valence-electron chi connectivity index (χ3n) is 2.88. The molecule has 0 bridgehead atoms. The van der Waals surface area contributed by atoms with Gasteiger partial charge in [0.25, 0.3) is 0 Å². The third kappa shape index (κ3) is 3.36. The zero-order chi connectivity index (χ0) is 15.4. The predicted octanol–water partition coefficient (Wildman–Crippen LogP) is 3.27. The Morgan fingerprint density at radius 1 is 1.19 bits per heavy atom. The van der Waals surface area contributed by atoms with Crippen molar-refractivity contribution in [1.29, 1.82) is 0 Å². The topological polar surface area (TPSA) is 72.7 Å². The van der Waals surface area contributed by atoms with E-state index in [0.717, 1.165) is 5.69 Å². The number of carbonyl (C=O) groups excluding carboxylic acids is 1. The van der Waals surface area contributed by atoms with E-state index in [4.69, 9.17) is 4.74 Å². The molecule has 6 nitrogen and oxygen atoms in total. The Bertz CT molecular complexity index is 683. The summed E-state index contributed by atoms with van der Waals surface area (Å²) < 4.78 is 5.58. The highest BCUT2D eigenvalue weighted by Crippen LogP contribution is 2.33. The fourth-order valence-corrected chi connectivity index (χ4v) is 1.79. The first-order chi connectivity index (χ1) is 10.0. The number of rotatable bonds is 5. The molecular formula is C15H14N2O4. The molecule has 0 amide bonds. The Balaban J connectivity index is 2.37. The smallest absolute Gasteiger partial charge is 0.312 e. The summed E-state index contributed by atoms with van der Waals surface area (Å²) in [6, 6.07) is 11.3. The van der Waals surface area contributed by atoms with Crippen molar-refractivity contribution >= 4 is 17.7 Å². The molecule has 108 valence electrons. The summed E-state index contributed by atoms with van der Waals surface area (Å²) in [5.41, 5.74) is 0.908. The van der Waals surface area contributed by atoms with Gasteiger partial charge in [-0.05, 0) is 24.3 Å². The quantitative estimate of drug-likeness (QED) is 0.479. The fraction of sp³-hybridized carbons (Fsp3) is 0.133. The van der Waals surface area contributed by atoms with Crippen molar-refractivity contribution in [3.8, 4) is 11.5 Å². The van der Waals surface area contributed by atoms with Crippen molar-refractivity contribution in [3.63, 3.8) is 0 Å². The van der Waals surface area contributed by atoms with Crippen LogP contribution in [0, 0.1) is 10.1 Å². The number of nitro benzene ring substituents is 1. The molecule has 0 aliphatic heterocycles. The number of hydrogen-bond donors (Lipinski definition) is 0. The van der Waals surface area contributed by atoms with Gasteiger partial charge in [-0.15, -0.1) is 0 Å². The van der Waals surface area contributed by atoms with Crippen molar-refractivity contribution in [1.82, 2.24) is 0 Å². The van der Waals surface area contributed by atoms with E-state index in [0.29, 0.717) is 12.0 Å². The number of hydrogen-bond acceptors (Lipinski definition) is 5. The molecule has 0 radical (unpaired) electrons. The normalized spacial score (nSPS) is 10.0. The molecule has 0 atom stereocenters. The fourth-order valence-electron chi connectivity index (χ4n) is 1.79. The minimum Gasteiger partial charge on any atom is -0.450 e. The van der Waals surface area contributed by atoms with Crippen LogP contribution in [0.5, 0.6) is 11.5 Å². The Hall–Kier alpha value is -2.89. The van der Waals surface area contributed by atoms with Gasteiger partial charge in [-0.3, -0.25) is 14.9 Å². The molecule has 0 aliphatic carbocycles. The molecule has 2 aromatic carbocycles. The molecule has 0 N–H and O–H groups in total. The Morgan fingerprint density at radius 3 is 2.57 bits per heavy atom. The number of aldehydes is 1. The molecule has 6 heteroatoms. The van der Waals surface area contributed by atoms with Gasteiger partial charge in [0.05, 0.1) is 4.92 Å². The van der Waals surface area contributed by atoms with E-state index >= 15 is 0 Å². The van der Waals surface area contributed by atoms with Gasteiger partial charge in [0.1, 0.15) is 12.0 Å². The highest BCUT2D eigenvalue weighted by molar-refractivity contribution is 5.77. The van der Waals surface area contributed by atoms with Crippen LogP contribution in [0.4, 0.5) is 11.4 Å². The Morgan fingerprint density at radius 2 is 1.95 bits per heavy atom. The second kappa shape index (κ2) is 6.04. The summed E-state index contributed by atoms with van der Waals surface area (Å²) in [5.74, 6) is 0.588. The highest BCUT2D eigenvalue weighted by Gasteiger charge is 2.16. The lowest BCUT2D eigenvalue weighted by molar-refractivity contribution is -0.385. The molecule has 0 aromatic heterocycles. The summed E-state index contributed by atoms with van der Waals surface area (Å²) in [7, 11) is 3.78. The molecule has 0 heterocycles. The van der Waals surface area contributed by atoms with Crippen molar-refractivity contribution in [2.24, 2.45) is 0 Å². The monoisotopic (exact) mass is 286 g/mol.